The van der Waals surface area contributed by atoms with Crippen molar-refractivity contribution < 1.29 is 0 Å². The van der Waals surface area contributed by atoms with Crippen molar-refractivity contribution in [3.05, 3.63) is 0 Å². The molecule has 5 heteroatoms. The maximum absolute atomic E-state index is 4.89. The summed E-state index contributed by atoms with van der Waals surface area (Å²) >= 11 is 9.00. The van der Waals surface area contributed by atoms with E-state index in [-0.39, 0.29) is 0 Å². The van der Waals surface area contributed by atoms with Gasteiger partial charge < -0.3 is 0 Å². The first-order valence-electron chi connectivity index (χ1n) is 1.05. The Kier molecular flexibility index (Phi) is 2.98. The molecule has 0 amide bonds. The lowest BCUT2D eigenvalue weighted by Crippen LogP contribution is -2.10. The maximum Gasteiger partial charge on any atom is 0.0876 e. The highest BCUT2D eigenvalue weighted by Crippen LogP contribution is 1.76. The molecule has 0 rings (SSSR count). The van der Waals surface area contributed by atoms with Gasteiger partial charge in [0.15, 0.2) is 0 Å². The van der Waals surface area contributed by atoms with E-state index in [2.05, 4.69) is 17.3 Å². The fraction of sp³-hybridized carbons (Fsp3) is 0. The monoisotopic (exact) mass is 123 g/mol. The second-order valence-corrected chi connectivity index (χ2v) is 1.01. The largest absolute Gasteiger partial charge is 0.215 e. The lowest BCUT2D eigenvalue weighted by Gasteiger charge is -1.89. The van der Waals surface area contributed by atoms with Crippen molar-refractivity contribution >= 4 is 29.2 Å². The standard InChI is InChI=1S/CH2ClN3S/c2-5(3)4-1-6/h3H2. The van der Waals surface area contributed by atoms with Crippen molar-refractivity contribution in [1.29, 1.82) is 0 Å². The van der Waals surface area contributed by atoms with Crippen LogP contribution < -0.4 is 5.84 Å². The topological polar surface area (TPSA) is 41.6 Å². The summed E-state index contributed by atoms with van der Waals surface area (Å²) in [7, 11) is 0. The highest BCUT2D eigenvalue weighted by Gasteiger charge is 1.71. The van der Waals surface area contributed by atoms with Gasteiger partial charge in [0.2, 0.25) is 0 Å². The van der Waals surface area contributed by atoms with Crippen LogP contribution in [0.5, 0.6) is 0 Å². The molecule has 0 saturated carbocycles. The van der Waals surface area contributed by atoms with E-state index in [9.17, 15) is 0 Å². The molecule has 3 nitrogen and oxygen atoms in total. The molecule has 0 aliphatic rings. The van der Waals surface area contributed by atoms with E-state index in [1.807, 2.05) is 5.16 Å². The summed E-state index contributed by atoms with van der Waals surface area (Å²) in [5.41, 5.74) is 0. The van der Waals surface area contributed by atoms with Crippen LogP contribution >= 0.6 is 24.0 Å². The number of hydrazone groups is 1. The Morgan fingerprint density at radius 3 is 2.50 bits per heavy atom. The molecule has 0 aromatic carbocycles. The summed E-state index contributed by atoms with van der Waals surface area (Å²) in [6.07, 6.45) is 0. The Morgan fingerprint density at radius 2 is 2.50 bits per heavy atom. The predicted octanol–water partition coefficient (Wildman–Crippen LogP) is 0.334. The van der Waals surface area contributed by atoms with E-state index in [0.717, 1.165) is 0 Å². The van der Waals surface area contributed by atoms with Crippen LogP contribution in [0.3, 0.4) is 0 Å². The number of isothiocyanates is 1. The van der Waals surface area contributed by atoms with Crippen LogP contribution in [0.1, 0.15) is 0 Å². The third kappa shape index (κ3) is 3.85. The maximum atomic E-state index is 4.89. The van der Waals surface area contributed by atoms with Crippen molar-refractivity contribution in [1.82, 2.24) is 4.64 Å². The van der Waals surface area contributed by atoms with Gasteiger partial charge in [-0.05, 0) is 12.2 Å². The van der Waals surface area contributed by atoms with E-state index in [1.54, 1.807) is 0 Å². The highest BCUT2D eigenvalue weighted by molar-refractivity contribution is 7.78. The molecular weight excluding hydrogens is 122 g/mol. The normalized spacial score (nSPS) is 6.33. The van der Waals surface area contributed by atoms with E-state index < -0.39 is 0 Å². The summed E-state index contributed by atoms with van der Waals surface area (Å²) < 4.78 is 0.562. The number of nitrogens with two attached hydrogens (primary N) is 1. The smallest absolute Gasteiger partial charge is 0.0876 e. The molecule has 0 aliphatic heterocycles. The Hall–Kier alpha value is -0.150. The van der Waals surface area contributed by atoms with Crippen molar-refractivity contribution in [3.63, 3.8) is 0 Å². The molecule has 34 valence electrons. The first-order chi connectivity index (χ1) is 2.77. The van der Waals surface area contributed by atoms with Gasteiger partial charge in [0, 0.05) is 0 Å². The van der Waals surface area contributed by atoms with Crippen molar-refractivity contribution in [2.45, 2.75) is 0 Å². The molecule has 0 aliphatic carbocycles. The van der Waals surface area contributed by atoms with Crippen LogP contribution in [-0.2, 0) is 0 Å². The fourth-order valence-electron chi connectivity index (χ4n) is 0.0390. The molecule has 0 spiro atoms. The van der Waals surface area contributed by atoms with Crippen molar-refractivity contribution in [3.8, 4) is 0 Å². The van der Waals surface area contributed by atoms with Crippen molar-refractivity contribution in [2.24, 2.45) is 10.9 Å². The van der Waals surface area contributed by atoms with Gasteiger partial charge in [0.05, 0.1) is 16.9 Å². The fourth-order valence-corrected chi connectivity index (χ4v) is 0.210. The minimum atomic E-state index is 0.562. The average molecular weight is 124 g/mol. The lowest BCUT2D eigenvalue weighted by atomic mass is 11.7. The van der Waals surface area contributed by atoms with E-state index in [0.29, 0.717) is 4.64 Å². The summed E-state index contributed by atoms with van der Waals surface area (Å²) in [6.45, 7) is 0. The Morgan fingerprint density at radius 1 is 2.00 bits per heavy atom. The molecule has 0 heterocycles. The number of hydrogen-bond acceptors (Lipinski definition) is 4. The zero-order valence-corrected chi connectivity index (χ0v) is 4.33. The summed E-state index contributed by atoms with van der Waals surface area (Å²) in [5.74, 6) is 4.71. The molecule has 0 radical (unpaired) electrons. The Balaban J connectivity index is 3.29. The zero-order chi connectivity index (χ0) is 4.99. The molecule has 6 heavy (non-hydrogen) atoms. The minimum Gasteiger partial charge on any atom is -0.215 e. The van der Waals surface area contributed by atoms with Gasteiger partial charge in [-0.3, -0.25) is 0 Å². The molecule has 0 bridgehead atoms. The van der Waals surface area contributed by atoms with Gasteiger partial charge in [-0.2, -0.15) is 0 Å². The van der Waals surface area contributed by atoms with Gasteiger partial charge >= 0.3 is 0 Å². The second kappa shape index (κ2) is 3.06. The van der Waals surface area contributed by atoms with Gasteiger partial charge in [-0.25, -0.2) is 5.84 Å². The molecule has 2 N–H and O–H groups in total. The van der Waals surface area contributed by atoms with Crippen LogP contribution in [0.25, 0.3) is 0 Å². The Bertz CT molecular complexity index is 74.9. The summed E-state index contributed by atoms with van der Waals surface area (Å²) in [5, 5.41) is 5.01. The molecule has 0 aromatic rings. The van der Waals surface area contributed by atoms with Gasteiger partial charge in [0.25, 0.3) is 0 Å². The lowest BCUT2D eigenvalue weighted by molar-refractivity contribution is 0.521. The molecule has 0 saturated heterocycles. The first-order valence-corrected chi connectivity index (χ1v) is 1.80. The highest BCUT2D eigenvalue weighted by atomic mass is 35.5. The number of hydrazine groups is 1. The summed E-state index contributed by atoms with van der Waals surface area (Å²) in [4.78, 5) is 0. The molecule has 0 unspecified atom stereocenters. The van der Waals surface area contributed by atoms with E-state index in [1.165, 1.54) is 0 Å². The third-order valence-electron chi connectivity index (χ3n) is 0.136. The van der Waals surface area contributed by atoms with Crippen LogP contribution in [0.15, 0.2) is 5.10 Å². The Labute approximate surface area is 45.4 Å². The third-order valence-corrected chi connectivity index (χ3v) is 0.294. The number of thiocarbonyl (C=S) groups is 1. The molecule has 0 fully saturated rings. The van der Waals surface area contributed by atoms with Crippen LogP contribution in [0.2, 0.25) is 0 Å². The number of hydrogen-bond donors (Lipinski definition) is 1. The summed E-state index contributed by atoms with van der Waals surface area (Å²) in [6, 6.07) is 0. The SMILES string of the molecule is NN(Cl)N=C=S. The number of rotatable bonds is 1. The number of nitrogens with zero attached hydrogens (tertiary/aromatic N) is 2. The van der Waals surface area contributed by atoms with Crippen LogP contribution in [0, 0.1) is 0 Å². The molecule has 0 atom stereocenters. The average Bonchev–Trinajstić information content (AvgIpc) is 1.35. The second-order valence-electron chi connectivity index (χ2n) is 0.480. The minimum absolute atomic E-state index is 0.562. The first kappa shape index (κ1) is 5.85. The number of halogens is 1. The molecule has 0 aromatic heterocycles. The van der Waals surface area contributed by atoms with Crippen molar-refractivity contribution in [2.75, 3.05) is 0 Å². The zero-order valence-electron chi connectivity index (χ0n) is 2.76. The molecular formula is CH2ClN3S. The van der Waals surface area contributed by atoms with Gasteiger partial charge in [-0.1, -0.05) is 5.10 Å². The predicted molar refractivity (Wildman–Crippen MR) is 26.9 cm³/mol. The van der Waals surface area contributed by atoms with Crippen LogP contribution in [0.4, 0.5) is 0 Å². The van der Waals surface area contributed by atoms with E-state index in [4.69, 9.17) is 17.6 Å². The van der Waals surface area contributed by atoms with E-state index >= 15 is 0 Å². The van der Waals surface area contributed by atoms with Gasteiger partial charge in [-0.15, -0.1) is 4.64 Å². The van der Waals surface area contributed by atoms with Gasteiger partial charge in [0.1, 0.15) is 0 Å². The quantitative estimate of drug-likeness (QED) is 0.180. The van der Waals surface area contributed by atoms with Crippen LogP contribution in [-0.4, -0.2) is 9.80 Å².